The first-order valence-corrected chi connectivity index (χ1v) is 5.37. The van der Waals surface area contributed by atoms with Crippen LogP contribution in [-0.4, -0.2) is 35.6 Å². The van der Waals surface area contributed by atoms with Crippen molar-refractivity contribution >= 4 is 0 Å². The van der Waals surface area contributed by atoms with Crippen LogP contribution in [0.4, 0.5) is 0 Å². The fourth-order valence-corrected chi connectivity index (χ4v) is 1.97. The third-order valence-electron chi connectivity index (χ3n) is 2.94. The van der Waals surface area contributed by atoms with Gasteiger partial charge in [0.25, 0.3) is 0 Å². The van der Waals surface area contributed by atoms with Gasteiger partial charge in [0.2, 0.25) is 0 Å². The van der Waals surface area contributed by atoms with E-state index in [1.807, 2.05) is 0 Å². The molecule has 0 atom stereocenters. The molecule has 1 N–H and O–H groups in total. The smallest absolute Gasteiger partial charge is 0.0278 e. The van der Waals surface area contributed by atoms with Crippen molar-refractivity contribution in [2.75, 3.05) is 19.6 Å². The van der Waals surface area contributed by atoms with Crippen LogP contribution < -0.4 is 5.32 Å². The van der Waals surface area contributed by atoms with Gasteiger partial charge in [0.1, 0.15) is 0 Å². The Labute approximate surface area is 82.7 Å². The molecule has 78 valence electrons. The van der Waals surface area contributed by atoms with E-state index in [4.69, 9.17) is 0 Å². The van der Waals surface area contributed by atoms with Crippen LogP contribution in [0.2, 0.25) is 0 Å². The molecule has 0 amide bonds. The Morgan fingerprint density at radius 2 is 1.85 bits per heavy atom. The highest BCUT2D eigenvalue weighted by molar-refractivity contribution is 4.97. The van der Waals surface area contributed by atoms with Gasteiger partial charge >= 0.3 is 0 Å². The van der Waals surface area contributed by atoms with Gasteiger partial charge in [-0.2, -0.15) is 0 Å². The Bertz CT molecular complexity index is 173. The third kappa shape index (κ3) is 2.68. The second kappa shape index (κ2) is 3.58. The van der Waals surface area contributed by atoms with E-state index in [2.05, 4.69) is 44.8 Å². The molecular weight excluding hydrogens is 160 g/mol. The molecule has 1 saturated heterocycles. The van der Waals surface area contributed by atoms with Crippen molar-refractivity contribution in [2.45, 2.75) is 52.1 Å². The van der Waals surface area contributed by atoms with Crippen LogP contribution in [0, 0.1) is 0 Å². The lowest BCUT2D eigenvalue weighted by Crippen LogP contribution is -2.66. The Balaban J connectivity index is 2.64. The van der Waals surface area contributed by atoms with E-state index in [-0.39, 0.29) is 5.54 Å². The van der Waals surface area contributed by atoms with E-state index in [1.54, 1.807) is 0 Å². The van der Waals surface area contributed by atoms with Crippen molar-refractivity contribution in [3.8, 4) is 0 Å². The van der Waals surface area contributed by atoms with Crippen molar-refractivity contribution in [3.63, 3.8) is 0 Å². The van der Waals surface area contributed by atoms with Gasteiger partial charge < -0.3 is 5.32 Å². The van der Waals surface area contributed by atoms with Gasteiger partial charge in [-0.15, -0.1) is 0 Å². The fraction of sp³-hybridized carbons (Fsp3) is 1.00. The fourth-order valence-electron chi connectivity index (χ4n) is 1.97. The molecule has 2 nitrogen and oxygen atoms in total. The highest BCUT2D eigenvalue weighted by Crippen LogP contribution is 2.23. The summed E-state index contributed by atoms with van der Waals surface area (Å²) >= 11 is 0. The van der Waals surface area contributed by atoms with E-state index in [9.17, 15) is 0 Å². The molecule has 1 rings (SSSR count). The number of rotatable bonds is 2. The van der Waals surface area contributed by atoms with Crippen molar-refractivity contribution in [1.29, 1.82) is 0 Å². The Morgan fingerprint density at radius 3 is 2.38 bits per heavy atom. The molecule has 0 spiro atoms. The van der Waals surface area contributed by atoms with Gasteiger partial charge in [0.05, 0.1) is 0 Å². The summed E-state index contributed by atoms with van der Waals surface area (Å²) in [5, 5.41) is 3.60. The van der Waals surface area contributed by atoms with Crippen molar-refractivity contribution in [1.82, 2.24) is 10.2 Å². The summed E-state index contributed by atoms with van der Waals surface area (Å²) in [4.78, 5) is 2.60. The standard InChI is InChI=1S/C11H24N2/c1-6-7-13-9-10(2,3)12-8-11(13,4)5/h12H,6-9H2,1-5H3. The van der Waals surface area contributed by atoms with Crippen LogP contribution in [0.5, 0.6) is 0 Å². The molecule has 0 aliphatic carbocycles. The highest BCUT2D eigenvalue weighted by atomic mass is 15.3. The molecule has 0 saturated carbocycles. The number of hydrogen-bond donors (Lipinski definition) is 1. The molecule has 0 unspecified atom stereocenters. The summed E-state index contributed by atoms with van der Waals surface area (Å²) in [5.74, 6) is 0. The monoisotopic (exact) mass is 184 g/mol. The Hall–Kier alpha value is -0.0800. The first kappa shape index (κ1) is 11.0. The summed E-state index contributed by atoms with van der Waals surface area (Å²) < 4.78 is 0. The van der Waals surface area contributed by atoms with E-state index < -0.39 is 0 Å². The van der Waals surface area contributed by atoms with Crippen molar-refractivity contribution < 1.29 is 0 Å². The average Bonchev–Trinajstić information content (AvgIpc) is 1.99. The van der Waals surface area contributed by atoms with Crippen LogP contribution in [0.3, 0.4) is 0 Å². The SMILES string of the molecule is CCCN1CC(C)(C)NCC1(C)C. The zero-order chi connectivity index (χ0) is 10.1. The minimum atomic E-state index is 0.282. The van der Waals surface area contributed by atoms with Crippen LogP contribution in [0.25, 0.3) is 0 Å². The van der Waals surface area contributed by atoms with Crippen molar-refractivity contribution in [3.05, 3.63) is 0 Å². The summed E-state index contributed by atoms with van der Waals surface area (Å²) in [5.41, 5.74) is 0.607. The summed E-state index contributed by atoms with van der Waals surface area (Å²) in [7, 11) is 0. The number of nitrogens with one attached hydrogen (secondary N) is 1. The van der Waals surface area contributed by atoms with E-state index in [0.29, 0.717) is 5.54 Å². The summed E-state index contributed by atoms with van der Waals surface area (Å²) in [6, 6.07) is 0. The maximum absolute atomic E-state index is 3.60. The molecule has 0 bridgehead atoms. The largest absolute Gasteiger partial charge is 0.309 e. The molecule has 1 aliphatic rings. The summed E-state index contributed by atoms with van der Waals surface area (Å²) in [6.45, 7) is 14.9. The summed E-state index contributed by atoms with van der Waals surface area (Å²) in [6.07, 6.45) is 1.25. The molecular formula is C11H24N2. The zero-order valence-electron chi connectivity index (χ0n) is 9.78. The molecule has 2 heteroatoms. The maximum atomic E-state index is 3.60. The lowest BCUT2D eigenvalue weighted by Gasteiger charge is -2.49. The quantitative estimate of drug-likeness (QED) is 0.704. The maximum Gasteiger partial charge on any atom is 0.0278 e. The van der Waals surface area contributed by atoms with E-state index in [1.165, 1.54) is 13.0 Å². The van der Waals surface area contributed by atoms with Crippen LogP contribution in [0.15, 0.2) is 0 Å². The Morgan fingerprint density at radius 1 is 1.23 bits per heavy atom. The van der Waals surface area contributed by atoms with E-state index in [0.717, 1.165) is 13.1 Å². The average molecular weight is 184 g/mol. The second-order valence-corrected chi connectivity index (χ2v) is 5.47. The number of nitrogens with zero attached hydrogens (tertiary/aromatic N) is 1. The number of hydrogen-bond acceptors (Lipinski definition) is 2. The zero-order valence-corrected chi connectivity index (χ0v) is 9.78. The van der Waals surface area contributed by atoms with Crippen LogP contribution in [-0.2, 0) is 0 Å². The van der Waals surface area contributed by atoms with E-state index >= 15 is 0 Å². The molecule has 1 heterocycles. The van der Waals surface area contributed by atoms with Gasteiger partial charge in [-0.25, -0.2) is 0 Å². The topological polar surface area (TPSA) is 15.3 Å². The number of piperazine rings is 1. The first-order valence-electron chi connectivity index (χ1n) is 5.37. The molecule has 0 aromatic rings. The molecule has 0 aromatic heterocycles. The normalized spacial score (nSPS) is 27.5. The van der Waals surface area contributed by atoms with Gasteiger partial charge in [-0.3, -0.25) is 4.90 Å². The van der Waals surface area contributed by atoms with Gasteiger partial charge in [0.15, 0.2) is 0 Å². The molecule has 0 radical (unpaired) electrons. The molecule has 1 fully saturated rings. The van der Waals surface area contributed by atoms with Gasteiger partial charge in [0, 0.05) is 24.2 Å². The lowest BCUT2D eigenvalue weighted by atomic mass is 9.91. The van der Waals surface area contributed by atoms with Crippen LogP contribution >= 0.6 is 0 Å². The van der Waals surface area contributed by atoms with Crippen molar-refractivity contribution in [2.24, 2.45) is 0 Å². The second-order valence-electron chi connectivity index (χ2n) is 5.47. The van der Waals surface area contributed by atoms with Gasteiger partial charge in [-0.05, 0) is 40.7 Å². The third-order valence-corrected chi connectivity index (χ3v) is 2.94. The minimum Gasteiger partial charge on any atom is -0.309 e. The lowest BCUT2D eigenvalue weighted by molar-refractivity contribution is 0.0395. The molecule has 0 aromatic carbocycles. The minimum absolute atomic E-state index is 0.282. The molecule has 13 heavy (non-hydrogen) atoms. The molecule has 1 aliphatic heterocycles. The van der Waals surface area contributed by atoms with Crippen LogP contribution in [0.1, 0.15) is 41.0 Å². The highest BCUT2D eigenvalue weighted by Gasteiger charge is 2.36. The predicted octanol–water partition coefficient (Wildman–Crippen LogP) is 1.86. The Kier molecular flexibility index (Phi) is 3.03. The van der Waals surface area contributed by atoms with Gasteiger partial charge in [-0.1, -0.05) is 6.92 Å². The first-order chi connectivity index (χ1) is 5.87. The predicted molar refractivity (Wildman–Crippen MR) is 58.0 cm³/mol.